The van der Waals surface area contributed by atoms with E-state index in [1.165, 1.54) is 7.11 Å². The first kappa shape index (κ1) is 16.7. The first-order chi connectivity index (χ1) is 8.18. The van der Waals surface area contributed by atoms with Gasteiger partial charge >= 0.3 is 12.0 Å². The van der Waals surface area contributed by atoms with E-state index < -0.39 is 12.1 Å². The van der Waals surface area contributed by atoms with Crippen molar-refractivity contribution in [3.05, 3.63) is 0 Å². The Morgan fingerprint density at radius 1 is 1.22 bits per heavy atom. The lowest BCUT2D eigenvalue weighted by Gasteiger charge is -2.27. The van der Waals surface area contributed by atoms with E-state index >= 15 is 0 Å². The first-order valence-electron chi connectivity index (χ1n) is 5.95. The molecule has 106 valence electrons. The van der Waals surface area contributed by atoms with Gasteiger partial charge in [0, 0.05) is 13.7 Å². The summed E-state index contributed by atoms with van der Waals surface area (Å²) in [4.78, 5) is 22.1. The Kier molecular flexibility index (Phi) is 6.68. The van der Waals surface area contributed by atoms with Crippen molar-refractivity contribution in [2.45, 2.75) is 33.8 Å². The van der Waals surface area contributed by atoms with E-state index in [0.717, 1.165) is 0 Å². The molecular weight excluding hydrogens is 236 g/mol. The van der Waals surface area contributed by atoms with Crippen LogP contribution in [0.2, 0.25) is 0 Å². The number of urea groups is 1. The van der Waals surface area contributed by atoms with Gasteiger partial charge in [0.2, 0.25) is 0 Å². The molecular formula is C12H24N2O4. The maximum absolute atomic E-state index is 11.4. The minimum absolute atomic E-state index is 0.0540. The van der Waals surface area contributed by atoms with Gasteiger partial charge in [0.25, 0.3) is 0 Å². The Balaban J connectivity index is 3.96. The van der Waals surface area contributed by atoms with Gasteiger partial charge < -0.3 is 20.5 Å². The van der Waals surface area contributed by atoms with E-state index in [-0.39, 0.29) is 18.0 Å². The zero-order chi connectivity index (χ0) is 14.3. The number of nitrogens with one attached hydrogen (secondary N) is 2. The molecule has 2 atom stereocenters. The fourth-order valence-electron chi connectivity index (χ4n) is 1.07. The van der Waals surface area contributed by atoms with Gasteiger partial charge in [0.05, 0.1) is 6.54 Å². The molecule has 0 bridgehead atoms. The third-order valence-electron chi connectivity index (χ3n) is 3.06. The molecule has 0 radical (unpaired) electrons. The number of carboxylic acid groups (broad SMARTS) is 1. The van der Waals surface area contributed by atoms with E-state index in [2.05, 4.69) is 38.3 Å². The number of carbonyl (C=O) groups excluding carboxylic acids is 1. The largest absolute Gasteiger partial charge is 0.479 e. The number of carbonyl (C=O) groups is 2. The van der Waals surface area contributed by atoms with Crippen molar-refractivity contribution < 1.29 is 19.4 Å². The van der Waals surface area contributed by atoms with Gasteiger partial charge in [-0.3, -0.25) is 0 Å². The molecule has 0 rings (SSSR count). The third kappa shape index (κ3) is 6.44. The van der Waals surface area contributed by atoms with Crippen LogP contribution >= 0.6 is 0 Å². The van der Waals surface area contributed by atoms with Gasteiger partial charge in [-0.05, 0) is 11.3 Å². The highest BCUT2D eigenvalue weighted by atomic mass is 16.5. The second-order valence-corrected chi connectivity index (χ2v) is 5.42. The minimum Gasteiger partial charge on any atom is -0.479 e. The molecule has 18 heavy (non-hydrogen) atoms. The highest BCUT2D eigenvalue weighted by molar-refractivity contribution is 5.76. The van der Waals surface area contributed by atoms with E-state index in [4.69, 9.17) is 9.84 Å². The van der Waals surface area contributed by atoms with Gasteiger partial charge in [-0.2, -0.15) is 0 Å². The molecule has 0 aliphatic heterocycles. The Hall–Kier alpha value is -1.30. The molecule has 0 aromatic carbocycles. The summed E-state index contributed by atoms with van der Waals surface area (Å²) in [6.45, 7) is 8.84. The van der Waals surface area contributed by atoms with Crippen LogP contribution in [0.5, 0.6) is 0 Å². The summed E-state index contributed by atoms with van der Waals surface area (Å²) in [6, 6.07) is -0.380. The van der Waals surface area contributed by atoms with Crippen LogP contribution < -0.4 is 10.6 Å². The van der Waals surface area contributed by atoms with Crippen LogP contribution in [0, 0.1) is 11.3 Å². The second kappa shape index (κ2) is 7.20. The van der Waals surface area contributed by atoms with Gasteiger partial charge in [-0.1, -0.05) is 27.7 Å². The molecule has 2 amide bonds. The van der Waals surface area contributed by atoms with Gasteiger partial charge in [0.15, 0.2) is 6.10 Å². The Morgan fingerprint density at radius 2 is 1.72 bits per heavy atom. The van der Waals surface area contributed by atoms with Crippen molar-refractivity contribution in [2.24, 2.45) is 11.3 Å². The van der Waals surface area contributed by atoms with E-state index in [1.54, 1.807) is 0 Å². The van der Waals surface area contributed by atoms with E-state index in [0.29, 0.717) is 12.5 Å². The summed E-state index contributed by atoms with van der Waals surface area (Å²) < 4.78 is 4.70. The summed E-state index contributed by atoms with van der Waals surface area (Å²) >= 11 is 0. The molecule has 6 nitrogen and oxygen atoms in total. The quantitative estimate of drug-likeness (QED) is 0.666. The summed E-state index contributed by atoms with van der Waals surface area (Å²) in [6.07, 6.45) is -1.02. The second-order valence-electron chi connectivity index (χ2n) is 5.42. The average molecular weight is 260 g/mol. The highest BCUT2D eigenvalue weighted by Crippen LogP contribution is 2.24. The standard InChI is InChI=1S/C12H24N2O4/c1-8(12(2,3)4)6-13-11(17)14-7-9(18-5)10(15)16/h8-9H,6-7H2,1-5H3,(H,15,16)(H2,13,14,17). The van der Waals surface area contributed by atoms with Crippen molar-refractivity contribution in [3.8, 4) is 0 Å². The molecule has 0 saturated heterocycles. The normalized spacial score (nSPS) is 14.7. The lowest BCUT2D eigenvalue weighted by molar-refractivity contribution is -0.147. The van der Waals surface area contributed by atoms with Crippen LogP contribution in [-0.4, -0.2) is 43.4 Å². The number of rotatable bonds is 6. The monoisotopic (exact) mass is 260 g/mol. The maximum Gasteiger partial charge on any atom is 0.334 e. The molecule has 3 N–H and O–H groups in total. The van der Waals surface area contributed by atoms with Gasteiger partial charge in [0.1, 0.15) is 0 Å². The number of hydrogen-bond donors (Lipinski definition) is 3. The van der Waals surface area contributed by atoms with Crippen LogP contribution in [0.25, 0.3) is 0 Å². The zero-order valence-corrected chi connectivity index (χ0v) is 11.7. The molecule has 0 aliphatic carbocycles. The molecule has 0 aromatic heterocycles. The predicted octanol–water partition coefficient (Wildman–Crippen LogP) is 1.07. The Bertz CT molecular complexity index is 286. The minimum atomic E-state index is -1.10. The molecule has 0 aromatic rings. The molecule has 0 aliphatic rings. The van der Waals surface area contributed by atoms with Crippen molar-refractivity contribution in [2.75, 3.05) is 20.2 Å². The SMILES string of the molecule is COC(CNC(=O)NCC(C)C(C)(C)C)C(=O)O. The molecule has 0 spiro atoms. The van der Waals surface area contributed by atoms with Crippen LogP contribution in [0.1, 0.15) is 27.7 Å². The number of amides is 2. The van der Waals surface area contributed by atoms with Crippen molar-refractivity contribution >= 4 is 12.0 Å². The van der Waals surface area contributed by atoms with E-state index in [9.17, 15) is 9.59 Å². The fraction of sp³-hybridized carbons (Fsp3) is 0.833. The number of aliphatic carboxylic acids is 1. The van der Waals surface area contributed by atoms with Gasteiger partial charge in [-0.25, -0.2) is 9.59 Å². The average Bonchev–Trinajstić information content (AvgIpc) is 2.24. The van der Waals surface area contributed by atoms with Gasteiger partial charge in [-0.15, -0.1) is 0 Å². The Morgan fingerprint density at radius 3 is 2.11 bits per heavy atom. The molecule has 0 heterocycles. The number of hydrogen-bond acceptors (Lipinski definition) is 3. The molecule has 2 unspecified atom stereocenters. The van der Waals surface area contributed by atoms with Crippen molar-refractivity contribution in [1.29, 1.82) is 0 Å². The van der Waals surface area contributed by atoms with E-state index in [1.807, 2.05) is 0 Å². The zero-order valence-electron chi connectivity index (χ0n) is 11.7. The third-order valence-corrected chi connectivity index (χ3v) is 3.06. The summed E-state index contributed by atoms with van der Waals surface area (Å²) in [5.74, 6) is -0.776. The van der Waals surface area contributed by atoms with Crippen LogP contribution in [-0.2, 0) is 9.53 Å². The van der Waals surface area contributed by atoms with Crippen LogP contribution in [0.3, 0.4) is 0 Å². The van der Waals surface area contributed by atoms with Crippen LogP contribution in [0.4, 0.5) is 4.79 Å². The molecule has 6 heteroatoms. The maximum atomic E-state index is 11.4. The lowest BCUT2D eigenvalue weighted by atomic mass is 9.82. The summed E-state index contributed by atoms with van der Waals surface area (Å²) in [7, 11) is 1.29. The summed E-state index contributed by atoms with van der Waals surface area (Å²) in [5, 5.41) is 13.9. The molecule has 0 saturated carbocycles. The van der Waals surface area contributed by atoms with Crippen LogP contribution in [0.15, 0.2) is 0 Å². The predicted molar refractivity (Wildman–Crippen MR) is 68.5 cm³/mol. The topological polar surface area (TPSA) is 87.7 Å². The Labute approximate surface area is 108 Å². The smallest absolute Gasteiger partial charge is 0.334 e. The summed E-state index contributed by atoms with van der Waals surface area (Å²) in [5.41, 5.74) is 0.114. The lowest BCUT2D eigenvalue weighted by Crippen LogP contribution is -2.44. The number of ether oxygens (including phenoxy) is 1. The first-order valence-corrected chi connectivity index (χ1v) is 5.95. The number of carboxylic acids is 1. The van der Waals surface area contributed by atoms with Crippen molar-refractivity contribution in [1.82, 2.24) is 10.6 Å². The number of methoxy groups -OCH3 is 1. The molecule has 0 fully saturated rings. The van der Waals surface area contributed by atoms with Crippen molar-refractivity contribution in [3.63, 3.8) is 0 Å². The highest BCUT2D eigenvalue weighted by Gasteiger charge is 2.21. The fourth-order valence-corrected chi connectivity index (χ4v) is 1.07.